The standard InChI is InChI=1S/C22H21BrINO4/c23-18(13-15-7-3-1-4-8-15)20(26)17(11-12-24)21(27)25-19(14-29-22(25)28)16-9-5-2-6-10-16/h1-10,13,17,19-20,26H,11-12,14H2/b18-13+/t17-,19-,20+/m1/s1. The molecule has 0 aromatic heterocycles. The van der Waals surface area contributed by atoms with Crippen molar-refractivity contribution < 1.29 is 19.4 Å². The summed E-state index contributed by atoms with van der Waals surface area (Å²) in [4.78, 5) is 26.9. The predicted octanol–water partition coefficient (Wildman–Crippen LogP) is 4.94. The first-order valence-electron chi connectivity index (χ1n) is 9.24. The Kier molecular flexibility index (Phi) is 7.85. The van der Waals surface area contributed by atoms with E-state index in [1.54, 1.807) is 6.08 Å². The van der Waals surface area contributed by atoms with Crippen LogP contribution < -0.4 is 0 Å². The molecule has 1 fully saturated rings. The summed E-state index contributed by atoms with van der Waals surface area (Å²) < 4.78 is 6.33. The molecule has 0 radical (unpaired) electrons. The van der Waals surface area contributed by atoms with Gasteiger partial charge in [0.1, 0.15) is 12.6 Å². The molecule has 0 spiro atoms. The molecule has 1 saturated heterocycles. The number of hydrogen-bond acceptors (Lipinski definition) is 4. The van der Waals surface area contributed by atoms with Gasteiger partial charge in [-0.15, -0.1) is 0 Å². The van der Waals surface area contributed by atoms with Gasteiger partial charge in [-0.1, -0.05) is 99.2 Å². The minimum atomic E-state index is -1.07. The Morgan fingerprint density at radius 3 is 2.45 bits per heavy atom. The van der Waals surface area contributed by atoms with Crippen LogP contribution in [0.3, 0.4) is 0 Å². The first-order chi connectivity index (χ1) is 14.0. The Balaban J connectivity index is 1.86. The molecule has 3 atom stereocenters. The van der Waals surface area contributed by atoms with Gasteiger partial charge >= 0.3 is 6.09 Å². The van der Waals surface area contributed by atoms with E-state index in [1.807, 2.05) is 60.7 Å². The number of cyclic esters (lactones) is 1. The maximum atomic E-state index is 13.3. The van der Waals surface area contributed by atoms with E-state index < -0.39 is 30.1 Å². The molecule has 2 aromatic carbocycles. The largest absolute Gasteiger partial charge is 0.446 e. The summed E-state index contributed by atoms with van der Waals surface area (Å²) >= 11 is 5.59. The van der Waals surface area contributed by atoms with E-state index in [1.165, 1.54) is 0 Å². The summed E-state index contributed by atoms with van der Waals surface area (Å²) in [6.07, 6.45) is 0.485. The van der Waals surface area contributed by atoms with Gasteiger partial charge in [0, 0.05) is 8.91 Å². The van der Waals surface area contributed by atoms with Crippen molar-refractivity contribution in [2.45, 2.75) is 18.6 Å². The highest BCUT2D eigenvalue weighted by Crippen LogP contribution is 2.33. The zero-order valence-corrected chi connectivity index (χ0v) is 19.3. The lowest BCUT2D eigenvalue weighted by atomic mass is 9.95. The average molecular weight is 570 g/mol. The molecule has 152 valence electrons. The van der Waals surface area contributed by atoms with Gasteiger partial charge in [0.05, 0.1) is 12.0 Å². The quantitative estimate of drug-likeness (QED) is 0.379. The number of carbonyl (C=O) groups is 2. The predicted molar refractivity (Wildman–Crippen MR) is 124 cm³/mol. The number of aliphatic hydroxyl groups excluding tert-OH is 1. The van der Waals surface area contributed by atoms with E-state index in [2.05, 4.69) is 38.5 Å². The summed E-state index contributed by atoms with van der Waals surface area (Å²) in [5.41, 5.74) is 1.73. The van der Waals surface area contributed by atoms with Crippen LogP contribution in [0.4, 0.5) is 4.79 Å². The highest BCUT2D eigenvalue weighted by molar-refractivity contribution is 14.1. The monoisotopic (exact) mass is 569 g/mol. The van der Waals surface area contributed by atoms with Gasteiger partial charge in [0.2, 0.25) is 5.91 Å². The number of imide groups is 1. The molecule has 29 heavy (non-hydrogen) atoms. The summed E-state index contributed by atoms with van der Waals surface area (Å²) in [6, 6.07) is 18.4. The third-order valence-electron chi connectivity index (χ3n) is 4.80. The highest BCUT2D eigenvalue weighted by atomic mass is 127. The summed E-state index contributed by atoms with van der Waals surface area (Å²) in [7, 11) is 0. The molecule has 1 N–H and O–H groups in total. The third kappa shape index (κ3) is 5.26. The minimum Gasteiger partial charge on any atom is -0.446 e. The lowest BCUT2D eigenvalue weighted by Crippen LogP contribution is -2.43. The Bertz CT molecular complexity index is 875. The number of amides is 2. The zero-order chi connectivity index (χ0) is 20.8. The lowest BCUT2D eigenvalue weighted by molar-refractivity contribution is -0.136. The normalized spacial score (nSPS) is 19.0. The number of alkyl halides is 1. The van der Waals surface area contributed by atoms with Crippen LogP contribution >= 0.6 is 38.5 Å². The number of benzene rings is 2. The van der Waals surface area contributed by atoms with Crippen molar-refractivity contribution in [2.24, 2.45) is 5.92 Å². The van der Waals surface area contributed by atoms with E-state index >= 15 is 0 Å². The molecule has 0 aliphatic carbocycles. The Hall–Kier alpha value is -1.71. The highest BCUT2D eigenvalue weighted by Gasteiger charge is 2.43. The van der Waals surface area contributed by atoms with Crippen LogP contribution in [-0.2, 0) is 9.53 Å². The van der Waals surface area contributed by atoms with Crippen molar-refractivity contribution in [1.29, 1.82) is 0 Å². The van der Waals surface area contributed by atoms with Gasteiger partial charge in [0.25, 0.3) is 0 Å². The van der Waals surface area contributed by atoms with Crippen LogP contribution in [0.1, 0.15) is 23.6 Å². The minimum absolute atomic E-state index is 0.114. The maximum absolute atomic E-state index is 13.3. The van der Waals surface area contributed by atoms with Crippen LogP contribution in [0.25, 0.3) is 6.08 Å². The molecule has 7 heteroatoms. The molecule has 0 unspecified atom stereocenters. The number of aliphatic hydroxyl groups is 1. The fourth-order valence-corrected chi connectivity index (χ4v) is 4.54. The van der Waals surface area contributed by atoms with Crippen molar-refractivity contribution in [3.63, 3.8) is 0 Å². The van der Waals surface area contributed by atoms with Crippen LogP contribution in [0.15, 0.2) is 65.1 Å². The molecule has 0 saturated carbocycles. The van der Waals surface area contributed by atoms with Gasteiger partial charge in [-0.3, -0.25) is 4.79 Å². The molecule has 5 nitrogen and oxygen atoms in total. The SMILES string of the molecule is O=C1OC[C@H](c2ccccc2)N1C(=O)[C@H](CCI)[C@H](O)/C(Br)=C\c1ccccc1. The molecular weight excluding hydrogens is 549 g/mol. The molecule has 2 amide bonds. The molecule has 3 rings (SSSR count). The number of ether oxygens (including phenoxy) is 1. The van der Waals surface area contributed by atoms with E-state index in [9.17, 15) is 14.7 Å². The maximum Gasteiger partial charge on any atom is 0.417 e. The molecule has 1 heterocycles. The number of hydrogen-bond donors (Lipinski definition) is 1. The lowest BCUT2D eigenvalue weighted by Gasteiger charge is -2.27. The van der Waals surface area contributed by atoms with Gasteiger partial charge in [-0.2, -0.15) is 0 Å². The Morgan fingerprint density at radius 2 is 1.83 bits per heavy atom. The number of carbonyl (C=O) groups excluding carboxylic acids is 2. The van der Waals surface area contributed by atoms with E-state index in [0.717, 1.165) is 16.0 Å². The van der Waals surface area contributed by atoms with Crippen molar-refractivity contribution in [3.05, 3.63) is 76.3 Å². The summed E-state index contributed by atoms with van der Waals surface area (Å²) in [6.45, 7) is 0.114. The molecular formula is C22H21BrINO4. The van der Waals surface area contributed by atoms with Crippen LogP contribution in [0, 0.1) is 5.92 Å². The third-order valence-corrected chi connectivity index (χ3v) is 6.12. The first kappa shape index (κ1) is 22.0. The van der Waals surface area contributed by atoms with Crippen LogP contribution in [-0.4, -0.2) is 39.1 Å². The molecule has 2 aromatic rings. The average Bonchev–Trinajstić information content (AvgIpc) is 3.13. The number of halogens is 2. The van der Waals surface area contributed by atoms with Gasteiger partial charge in [0.15, 0.2) is 0 Å². The molecule has 1 aliphatic rings. The molecule has 1 aliphatic heterocycles. The summed E-state index contributed by atoms with van der Waals surface area (Å²) in [5.74, 6) is -1.19. The topological polar surface area (TPSA) is 66.8 Å². The van der Waals surface area contributed by atoms with E-state index in [4.69, 9.17) is 4.74 Å². The smallest absolute Gasteiger partial charge is 0.417 e. The molecule has 0 bridgehead atoms. The second kappa shape index (κ2) is 10.4. The second-order valence-corrected chi connectivity index (χ2v) is 8.67. The van der Waals surface area contributed by atoms with Gasteiger partial charge in [-0.05, 0) is 23.6 Å². The van der Waals surface area contributed by atoms with Crippen molar-refractivity contribution in [1.82, 2.24) is 4.90 Å². The number of rotatable bonds is 7. The van der Waals surface area contributed by atoms with E-state index in [-0.39, 0.29) is 6.61 Å². The fourth-order valence-electron chi connectivity index (χ4n) is 3.28. The van der Waals surface area contributed by atoms with Gasteiger partial charge in [-0.25, -0.2) is 9.69 Å². The van der Waals surface area contributed by atoms with Crippen molar-refractivity contribution >= 4 is 56.6 Å². The second-order valence-electron chi connectivity index (χ2n) is 6.68. The van der Waals surface area contributed by atoms with Crippen LogP contribution in [0.2, 0.25) is 0 Å². The number of nitrogens with zero attached hydrogens (tertiary/aromatic N) is 1. The Labute approximate surface area is 192 Å². The van der Waals surface area contributed by atoms with Crippen molar-refractivity contribution in [2.75, 3.05) is 11.0 Å². The van der Waals surface area contributed by atoms with E-state index in [0.29, 0.717) is 15.3 Å². The Morgan fingerprint density at radius 1 is 1.21 bits per heavy atom. The first-order valence-corrected chi connectivity index (χ1v) is 11.6. The van der Waals surface area contributed by atoms with Gasteiger partial charge < -0.3 is 9.84 Å². The zero-order valence-electron chi connectivity index (χ0n) is 15.6. The van der Waals surface area contributed by atoms with Crippen molar-refractivity contribution in [3.8, 4) is 0 Å². The summed E-state index contributed by atoms with van der Waals surface area (Å²) in [5, 5.41) is 10.9. The fraction of sp³-hybridized carbons (Fsp3) is 0.273. The van der Waals surface area contributed by atoms with Crippen LogP contribution in [0.5, 0.6) is 0 Å².